The predicted molar refractivity (Wildman–Crippen MR) is 78.5 cm³/mol. The van der Waals surface area contributed by atoms with Gasteiger partial charge in [-0.1, -0.05) is 18.2 Å². The van der Waals surface area contributed by atoms with E-state index in [1.165, 1.54) is 5.57 Å². The summed E-state index contributed by atoms with van der Waals surface area (Å²) in [6.45, 7) is 0. The molecule has 4 nitrogen and oxygen atoms in total. The lowest BCUT2D eigenvalue weighted by atomic mass is 9.87. The van der Waals surface area contributed by atoms with E-state index in [2.05, 4.69) is 0 Å². The van der Waals surface area contributed by atoms with Crippen molar-refractivity contribution in [1.82, 2.24) is 4.90 Å². The Hall–Kier alpha value is -2.10. The fourth-order valence-electron chi connectivity index (χ4n) is 3.09. The Morgan fingerprint density at radius 2 is 1.95 bits per heavy atom. The molecule has 21 heavy (non-hydrogen) atoms. The number of rotatable bonds is 2. The molecule has 0 aromatic heterocycles. The van der Waals surface area contributed by atoms with Gasteiger partial charge >= 0.3 is 5.97 Å². The van der Waals surface area contributed by atoms with Gasteiger partial charge in [-0.3, -0.25) is 4.79 Å². The number of esters is 1. The Balaban J connectivity index is 1.67. The second kappa shape index (κ2) is 5.72. The Bertz CT molecular complexity index is 591. The molecule has 2 aliphatic rings. The summed E-state index contributed by atoms with van der Waals surface area (Å²) in [6, 6.07) is 9.08. The summed E-state index contributed by atoms with van der Waals surface area (Å²) in [5, 5.41) is 0. The molecule has 4 heteroatoms. The molecule has 0 fully saturated rings. The van der Waals surface area contributed by atoms with Crippen LogP contribution in [-0.2, 0) is 9.53 Å². The van der Waals surface area contributed by atoms with E-state index in [-0.39, 0.29) is 18.0 Å². The highest BCUT2D eigenvalue weighted by molar-refractivity contribution is 5.89. The van der Waals surface area contributed by atoms with Crippen LogP contribution in [0.25, 0.3) is 0 Å². The van der Waals surface area contributed by atoms with E-state index in [1.807, 2.05) is 25.2 Å². The van der Waals surface area contributed by atoms with E-state index >= 15 is 0 Å². The van der Waals surface area contributed by atoms with Gasteiger partial charge < -0.3 is 9.64 Å². The molecule has 3 rings (SSSR count). The maximum atomic E-state index is 12.1. The number of nitrogens with zero attached hydrogens (tertiary/aromatic N) is 1. The van der Waals surface area contributed by atoms with E-state index in [1.54, 1.807) is 17.0 Å². The van der Waals surface area contributed by atoms with Crippen molar-refractivity contribution in [3.05, 3.63) is 47.2 Å². The molecule has 0 saturated carbocycles. The molecule has 1 unspecified atom stereocenters. The SMILES string of the molecule is CN1C(=O)CCC2=C1CCC(OC(=O)c1ccccc1)C2. The van der Waals surface area contributed by atoms with Crippen LogP contribution in [0.5, 0.6) is 0 Å². The number of carbonyl (C=O) groups is 2. The summed E-state index contributed by atoms with van der Waals surface area (Å²) in [4.78, 5) is 25.6. The van der Waals surface area contributed by atoms with Crippen molar-refractivity contribution >= 4 is 11.9 Å². The molecule has 1 aliphatic carbocycles. The van der Waals surface area contributed by atoms with Crippen LogP contribution in [0.3, 0.4) is 0 Å². The van der Waals surface area contributed by atoms with Crippen LogP contribution in [0.1, 0.15) is 42.5 Å². The lowest BCUT2D eigenvalue weighted by Crippen LogP contribution is -2.35. The molecule has 0 radical (unpaired) electrons. The fraction of sp³-hybridized carbons (Fsp3) is 0.412. The second-order valence-electron chi connectivity index (χ2n) is 5.64. The van der Waals surface area contributed by atoms with E-state index in [4.69, 9.17) is 4.74 Å². The topological polar surface area (TPSA) is 46.6 Å². The van der Waals surface area contributed by atoms with Crippen molar-refractivity contribution < 1.29 is 14.3 Å². The van der Waals surface area contributed by atoms with Gasteiger partial charge in [-0.05, 0) is 37.0 Å². The van der Waals surface area contributed by atoms with Crippen LogP contribution in [0, 0.1) is 0 Å². The van der Waals surface area contributed by atoms with Crippen LogP contribution < -0.4 is 0 Å². The third-order valence-electron chi connectivity index (χ3n) is 4.29. The van der Waals surface area contributed by atoms with Crippen LogP contribution in [0.2, 0.25) is 0 Å². The highest BCUT2D eigenvalue weighted by Crippen LogP contribution is 2.35. The second-order valence-corrected chi connectivity index (χ2v) is 5.64. The normalized spacial score (nSPS) is 22.0. The minimum absolute atomic E-state index is 0.0712. The van der Waals surface area contributed by atoms with Gasteiger partial charge in [-0.15, -0.1) is 0 Å². The molecular weight excluding hydrogens is 266 g/mol. The van der Waals surface area contributed by atoms with Crippen molar-refractivity contribution in [2.75, 3.05) is 7.05 Å². The molecule has 110 valence electrons. The first kappa shape index (κ1) is 13.9. The maximum Gasteiger partial charge on any atom is 0.338 e. The monoisotopic (exact) mass is 285 g/mol. The first-order chi connectivity index (χ1) is 10.1. The van der Waals surface area contributed by atoms with Crippen molar-refractivity contribution in [3.63, 3.8) is 0 Å². The Morgan fingerprint density at radius 3 is 2.71 bits per heavy atom. The van der Waals surface area contributed by atoms with E-state index < -0.39 is 0 Å². The van der Waals surface area contributed by atoms with Gasteiger partial charge in [0.25, 0.3) is 0 Å². The lowest BCUT2D eigenvalue weighted by molar-refractivity contribution is -0.129. The summed E-state index contributed by atoms with van der Waals surface area (Å²) < 4.78 is 5.61. The summed E-state index contributed by atoms with van der Waals surface area (Å²) >= 11 is 0. The number of benzene rings is 1. The zero-order valence-corrected chi connectivity index (χ0v) is 12.2. The minimum Gasteiger partial charge on any atom is -0.458 e. The van der Waals surface area contributed by atoms with Crippen molar-refractivity contribution in [2.24, 2.45) is 0 Å². The van der Waals surface area contributed by atoms with Gasteiger partial charge in [-0.25, -0.2) is 4.79 Å². The van der Waals surface area contributed by atoms with Crippen LogP contribution in [-0.4, -0.2) is 29.9 Å². The molecule has 0 spiro atoms. The van der Waals surface area contributed by atoms with Crippen molar-refractivity contribution in [1.29, 1.82) is 0 Å². The average Bonchev–Trinajstić information content (AvgIpc) is 2.52. The number of amides is 1. The quantitative estimate of drug-likeness (QED) is 0.785. The fourth-order valence-corrected chi connectivity index (χ4v) is 3.09. The summed E-state index contributed by atoms with van der Waals surface area (Å²) in [5.41, 5.74) is 3.00. The molecule has 1 aromatic rings. The largest absolute Gasteiger partial charge is 0.458 e. The van der Waals surface area contributed by atoms with Crippen LogP contribution >= 0.6 is 0 Å². The summed E-state index contributed by atoms with van der Waals surface area (Å²) in [6.07, 6.45) is 3.65. The Labute approximate surface area is 124 Å². The van der Waals surface area contributed by atoms with Gasteiger partial charge in [-0.2, -0.15) is 0 Å². The van der Waals surface area contributed by atoms with E-state index in [0.717, 1.165) is 31.4 Å². The van der Waals surface area contributed by atoms with Gasteiger partial charge in [0.15, 0.2) is 0 Å². The molecule has 1 aliphatic heterocycles. The number of allylic oxidation sites excluding steroid dienone is 1. The summed E-state index contributed by atoms with van der Waals surface area (Å²) in [7, 11) is 1.84. The zero-order chi connectivity index (χ0) is 14.8. The first-order valence-corrected chi connectivity index (χ1v) is 7.38. The van der Waals surface area contributed by atoms with Gasteiger partial charge in [0.2, 0.25) is 5.91 Å². The number of ether oxygens (including phenoxy) is 1. The number of carbonyl (C=O) groups excluding carboxylic acids is 2. The van der Waals surface area contributed by atoms with Gasteiger partial charge in [0.05, 0.1) is 5.56 Å². The molecule has 0 N–H and O–H groups in total. The molecule has 1 aromatic carbocycles. The van der Waals surface area contributed by atoms with Gasteiger partial charge in [0, 0.05) is 25.6 Å². The highest BCUT2D eigenvalue weighted by Gasteiger charge is 2.30. The van der Waals surface area contributed by atoms with Crippen LogP contribution in [0.4, 0.5) is 0 Å². The molecule has 1 amide bonds. The Kier molecular flexibility index (Phi) is 3.78. The van der Waals surface area contributed by atoms with Gasteiger partial charge in [0.1, 0.15) is 6.10 Å². The predicted octanol–water partition coefficient (Wildman–Crippen LogP) is 2.90. The third kappa shape index (κ3) is 2.84. The van der Waals surface area contributed by atoms with Crippen molar-refractivity contribution in [2.45, 2.75) is 38.2 Å². The Morgan fingerprint density at radius 1 is 1.19 bits per heavy atom. The highest BCUT2D eigenvalue weighted by atomic mass is 16.5. The molecule has 1 atom stereocenters. The summed E-state index contributed by atoms with van der Waals surface area (Å²) in [5.74, 6) is -0.0710. The zero-order valence-electron chi connectivity index (χ0n) is 12.2. The third-order valence-corrected chi connectivity index (χ3v) is 4.29. The standard InChI is InChI=1S/C17H19NO3/c1-18-15-9-8-14(11-13(15)7-10-16(18)19)21-17(20)12-5-3-2-4-6-12/h2-6,14H,7-11H2,1H3. The number of hydrogen-bond donors (Lipinski definition) is 0. The van der Waals surface area contributed by atoms with Crippen molar-refractivity contribution in [3.8, 4) is 0 Å². The van der Waals surface area contributed by atoms with E-state index in [9.17, 15) is 9.59 Å². The average molecular weight is 285 g/mol. The molecule has 0 saturated heterocycles. The molecule has 0 bridgehead atoms. The smallest absolute Gasteiger partial charge is 0.338 e. The molecular formula is C17H19NO3. The molecule has 1 heterocycles. The minimum atomic E-state index is -0.259. The lowest BCUT2D eigenvalue weighted by Gasteiger charge is -2.35. The first-order valence-electron chi connectivity index (χ1n) is 7.38. The number of hydrogen-bond acceptors (Lipinski definition) is 3. The maximum absolute atomic E-state index is 12.1. The van der Waals surface area contributed by atoms with E-state index in [0.29, 0.717) is 12.0 Å². The van der Waals surface area contributed by atoms with Crippen LogP contribution in [0.15, 0.2) is 41.6 Å².